The molecule has 1 unspecified atom stereocenters. The highest BCUT2D eigenvalue weighted by Gasteiger charge is 2.28. The molecule has 1 atom stereocenters. The molecule has 4 nitrogen and oxygen atoms in total. The van der Waals surface area contributed by atoms with Crippen molar-refractivity contribution >= 4 is 5.91 Å². The fraction of sp³-hybridized carbons (Fsp3) is 0.533. The minimum Gasteiger partial charge on any atom is -0.381 e. The molecule has 5 heteroatoms. The van der Waals surface area contributed by atoms with Crippen LogP contribution in [0.4, 0.5) is 4.39 Å². The van der Waals surface area contributed by atoms with E-state index < -0.39 is 6.04 Å². The van der Waals surface area contributed by atoms with E-state index in [0.29, 0.717) is 18.8 Å². The predicted octanol–water partition coefficient (Wildman–Crippen LogP) is 1.54. The summed E-state index contributed by atoms with van der Waals surface area (Å²) in [6.07, 6.45) is 1.61. The summed E-state index contributed by atoms with van der Waals surface area (Å²) in [5.41, 5.74) is 6.55. The summed E-state index contributed by atoms with van der Waals surface area (Å²) in [4.78, 5) is 13.8. The molecule has 1 fully saturated rings. The molecule has 0 aliphatic carbocycles. The average molecular weight is 280 g/mol. The summed E-state index contributed by atoms with van der Waals surface area (Å²) in [7, 11) is 1.66. The molecule has 1 saturated heterocycles. The fourth-order valence-electron chi connectivity index (χ4n) is 2.49. The van der Waals surface area contributed by atoms with Gasteiger partial charge in [-0.15, -0.1) is 0 Å². The first-order valence-corrected chi connectivity index (χ1v) is 6.91. The van der Waals surface area contributed by atoms with Crippen LogP contribution in [-0.2, 0) is 16.1 Å². The van der Waals surface area contributed by atoms with Crippen LogP contribution in [0.15, 0.2) is 24.3 Å². The van der Waals surface area contributed by atoms with Gasteiger partial charge >= 0.3 is 0 Å². The second-order valence-electron chi connectivity index (χ2n) is 5.26. The molecular formula is C15H21FN2O2. The first-order valence-electron chi connectivity index (χ1n) is 6.91. The number of carbonyl (C=O) groups is 1. The Morgan fingerprint density at radius 1 is 1.45 bits per heavy atom. The number of hydrogen-bond acceptors (Lipinski definition) is 3. The zero-order valence-electron chi connectivity index (χ0n) is 11.7. The second-order valence-corrected chi connectivity index (χ2v) is 5.26. The molecule has 2 rings (SSSR count). The SMILES string of the molecule is CN(Cc1ccccc1F)C(=O)C(N)C1CCOCC1. The molecule has 0 radical (unpaired) electrons. The van der Waals surface area contributed by atoms with Gasteiger partial charge in [-0.2, -0.15) is 0 Å². The average Bonchev–Trinajstić information content (AvgIpc) is 2.49. The van der Waals surface area contributed by atoms with E-state index in [2.05, 4.69) is 0 Å². The molecule has 110 valence electrons. The van der Waals surface area contributed by atoms with Crippen molar-refractivity contribution in [2.45, 2.75) is 25.4 Å². The van der Waals surface area contributed by atoms with E-state index in [-0.39, 0.29) is 24.2 Å². The summed E-state index contributed by atoms with van der Waals surface area (Å²) in [6.45, 7) is 1.55. The molecular weight excluding hydrogens is 259 g/mol. The zero-order chi connectivity index (χ0) is 14.5. The highest BCUT2D eigenvalue weighted by Crippen LogP contribution is 2.19. The van der Waals surface area contributed by atoms with Crippen molar-refractivity contribution < 1.29 is 13.9 Å². The predicted molar refractivity (Wildman–Crippen MR) is 74.4 cm³/mol. The van der Waals surface area contributed by atoms with Gasteiger partial charge < -0.3 is 15.4 Å². The van der Waals surface area contributed by atoms with E-state index >= 15 is 0 Å². The number of rotatable bonds is 4. The smallest absolute Gasteiger partial charge is 0.239 e. The molecule has 0 spiro atoms. The summed E-state index contributed by atoms with van der Waals surface area (Å²) in [5, 5.41) is 0. The minimum absolute atomic E-state index is 0.139. The van der Waals surface area contributed by atoms with Crippen LogP contribution in [0.5, 0.6) is 0 Å². The number of halogens is 1. The lowest BCUT2D eigenvalue weighted by atomic mass is 9.91. The molecule has 20 heavy (non-hydrogen) atoms. The summed E-state index contributed by atoms with van der Waals surface area (Å²) in [6, 6.07) is 5.94. The van der Waals surface area contributed by atoms with Crippen molar-refractivity contribution in [3.8, 4) is 0 Å². The van der Waals surface area contributed by atoms with Gasteiger partial charge in [0, 0.05) is 32.4 Å². The third-order valence-electron chi connectivity index (χ3n) is 3.80. The van der Waals surface area contributed by atoms with Gasteiger partial charge in [-0.1, -0.05) is 18.2 Å². The maximum Gasteiger partial charge on any atom is 0.239 e. The Morgan fingerprint density at radius 3 is 2.75 bits per heavy atom. The fourth-order valence-corrected chi connectivity index (χ4v) is 2.49. The third kappa shape index (κ3) is 3.55. The van der Waals surface area contributed by atoms with Crippen molar-refractivity contribution in [3.05, 3.63) is 35.6 Å². The molecule has 1 aliphatic rings. The Balaban J connectivity index is 1.96. The number of benzene rings is 1. The Morgan fingerprint density at radius 2 is 2.10 bits per heavy atom. The van der Waals surface area contributed by atoms with Gasteiger partial charge in [-0.05, 0) is 24.8 Å². The van der Waals surface area contributed by atoms with Crippen LogP contribution >= 0.6 is 0 Å². The largest absolute Gasteiger partial charge is 0.381 e. The number of hydrogen-bond donors (Lipinski definition) is 1. The van der Waals surface area contributed by atoms with Gasteiger partial charge in [-0.3, -0.25) is 4.79 Å². The van der Waals surface area contributed by atoms with Crippen molar-refractivity contribution in [1.82, 2.24) is 4.90 Å². The van der Waals surface area contributed by atoms with Gasteiger partial charge in [-0.25, -0.2) is 4.39 Å². The van der Waals surface area contributed by atoms with Crippen molar-refractivity contribution in [3.63, 3.8) is 0 Å². The van der Waals surface area contributed by atoms with Crippen molar-refractivity contribution in [1.29, 1.82) is 0 Å². The van der Waals surface area contributed by atoms with Crippen LogP contribution < -0.4 is 5.73 Å². The lowest BCUT2D eigenvalue weighted by molar-refractivity contribution is -0.133. The molecule has 0 saturated carbocycles. The molecule has 1 heterocycles. The minimum atomic E-state index is -0.532. The second kappa shape index (κ2) is 6.81. The summed E-state index contributed by atoms with van der Waals surface area (Å²) < 4.78 is 18.9. The van der Waals surface area contributed by atoms with E-state index in [0.717, 1.165) is 12.8 Å². The molecule has 1 aromatic carbocycles. The lowest BCUT2D eigenvalue weighted by Gasteiger charge is -2.29. The number of nitrogens with two attached hydrogens (primary N) is 1. The normalized spacial score (nSPS) is 17.8. The summed E-state index contributed by atoms with van der Waals surface area (Å²) >= 11 is 0. The van der Waals surface area contributed by atoms with Crippen molar-refractivity contribution in [2.75, 3.05) is 20.3 Å². The number of carbonyl (C=O) groups excluding carboxylic acids is 1. The maximum absolute atomic E-state index is 13.6. The van der Waals surface area contributed by atoms with Crippen LogP contribution in [-0.4, -0.2) is 37.1 Å². The highest BCUT2D eigenvalue weighted by molar-refractivity contribution is 5.81. The molecule has 0 aromatic heterocycles. The first-order chi connectivity index (χ1) is 9.59. The van der Waals surface area contributed by atoms with E-state index in [1.165, 1.54) is 11.0 Å². The molecule has 0 bridgehead atoms. The van der Waals surface area contributed by atoms with Crippen LogP contribution in [0.2, 0.25) is 0 Å². The lowest BCUT2D eigenvalue weighted by Crippen LogP contribution is -2.47. The molecule has 1 aromatic rings. The van der Waals surface area contributed by atoms with E-state index in [9.17, 15) is 9.18 Å². The molecule has 1 amide bonds. The van der Waals surface area contributed by atoms with Gasteiger partial charge in [0.15, 0.2) is 0 Å². The van der Waals surface area contributed by atoms with Crippen molar-refractivity contribution in [2.24, 2.45) is 11.7 Å². The monoisotopic (exact) mass is 280 g/mol. The Labute approximate surface area is 118 Å². The first kappa shape index (κ1) is 14.9. The van der Waals surface area contributed by atoms with Gasteiger partial charge in [0.1, 0.15) is 5.82 Å². The van der Waals surface area contributed by atoms with E-state index in [4.69, 9.17) is 10.5 Å². The topological polar surface area (TPSA) is 55.6 Å². The number of amides is 1. The zero-order valence-corrected chi connectivity index (χ0v) is 11.7. The Hall–Kier alpha value is -1.46. The number of ether oxygens (including phenoxy) is 1. The number of likely N-dealkylation sites (N-methyl/N-ethyl adjacent to an activating group) is 1. The van der Waals surface area contributed by atoms with E-state index in [1.807, 2.05) is 0 Å². The standard InChI is InChI=1S/C15H21FN2O2/c1-18(10-12-4-2-3-5-13(12)16)15(19)14(17)11-6-8-20-9-7-11/h2-5,11,14H,6-10,17H2,1H3. The molecule has 1 aliphatic heterocycles. The van der Waals surface area contributed by atoms with Crippen LogP contribution in [0.3, 0.4) is 0 Å². The van der Waals surface area contributed by atoms with Crippen LogP contribution in [0, 0.1) is 11.7 Å². The highest BCUT2D eigenvalue weighted by atomic mass is 19.1. The number of nitrogens with zero attached hydrogens (tertiary/aromatic N) is 1. The summed E-state index contributed by atoms with van der Waals surface area (Å²) in [5.74, 6) is -0.286. The Bertz CT molecular complexity index is 461. The van der Waals surface area contributed by atoms with Crippen LogP contribution in [0.25, 0.3) is 0 Å². The third-order valence-corrected chi connectivity index (χ3v) is 3.80. The van der Waals surface area contributed by atoms with Gasteiger partial charge in [0.25, 0.3) is 0 Å². The van der Waals surface area contributed by atoms with E-state index in [1.54, 1.807) is 25.2 Å². The van der Waals surface area contributed by atoms with Gasteiger partial charge in [0.05, 0.1) is 6.04 Å². The maximum atomic E-state index is 13.6. The quantitative estimate of drug-likeness (QED) is 0.910. The van der Waals surface area contributed by atoms with Crippen LogP contribution in [0.1, 0.15) is 18.4 Å². The van der Waals surface area contributed by atoms with Gasteiger partial charge in [0.2, 0.25) is 5.91 Å². The Kier molecular flexibility index (Phi) is 5.09. The molecule has 2 N–H and O–H groups in total.